The van der Waals surface area contributed by atoms with Gasteiger partial charge in [0.2, 0.25) is 0 Å². The zero-order valence-corrected chi connectivity index (χ0v) is 18.2. The van der Waals surface area contributed by atoms with Crippen LogP contribution in [-0.2, 0) is 6.42 Å². The molecule has 8 nitrogen and oxygen atoms in total. The molecule has 34 heavy (non-hydrogen) atoms. The number of H-pyrrole nitrogens is 1. The second-order valence-electron chi connectivity index (χ2n) is 7.81. The number of rotatable bonds is 7. The summed E-state index contributed by atoms with van der Waals surface area (Å²) in [5.41, 5.74) is 5.17. The van der Waals surface area contributed by atoms with Crippen molar-refractivity contribution in [3.63, 3.8) is 0 Å². The highest BCUT2D eigenvalue weighted by atomic mass is 16.5. The summed E-state index contributed by atoms with van der Waals surface area (Å²) in [7, 11) is 0. The predicted molar refractivity (Wildman–Crippen MR) is 127 cm³/mol. The first kappa shape index (κ1) is 22.8. The average molecular weight is 457 g/mol. The van der Waals surface area contributed by atoms with E-state index in [4.69, 9.17) is 5.21 Å². The summed E-state index contributed by atoms with van der Waals surface area (Å²) in [6, 6.07) is 22.0. The first-order valence-electron chi connectivity index (χ1n) is 10.8. The number of benzene rings is 3. The number of imide groups is 1. The van der Waals surface area contributed by atoms with Crippen molar-refractivity contribution in [2.45, 2.75) is 18.9 Å². The molecule has 4 aromatic rings. The van der Waals surface area contributed by atoms with Crippen LogP contribution in [0.1, 0.15) is 44.3 Å². The van der Waals surface area contributed by atoms with E-state index < -0.39 is 23.9 Å². The van der Waals surface area contributed by atoms with Crippen molar-refractivity contribution in [2.75, 3.05) is 0 Å². The van der Waals surface area contributed by atoms with Crippen LogP contribution in [-0.4, -0.2) is 28.0 Å². The van der Waals surface area contributed by atoms with E-state index in [0.717, 1.165) is 22.0 Å². The number of fused-ring (bicyclic) bond motifs is 1. The molecule has 0 spiro atoms. The fourth-order valence-electron chi connectivity index (χ4n) is 3.85. The number of carbonyl (C=O) groups excluding carboxylic acids is 3. The number of aryl methyl sites for hydroxylation is 1. The van der Waals surface area contributed by atoms with Crippen LogP contribution in [0, 0.1) is 0 Å². The van der Waals surface area contributed by atoms with Crippen molar-refractivity contribution >= 4 is 28.7 Å². The number of hydroxylamine groups is 1. The predicted octanol–water partition coefficient (Wildman–Crippen LogP) is 4.10. The Morgan fingerprint density at radius 3 is 2.24 bits per heavy atom. The molecule has 1 atom stereocenters. The molecule has 0 bridgehead atoms. The summed E-state index contributed by atoms with van der Waals surface area (Å²) in [4.78, 5) is 39.9. The molecule has 0 saturated carbocycles. The lowest BCUT2D eigenvalue weighted by Gasteiger charge is -2.20. The standard InChI is InChI=1S/C26H24N4O4/c31-24(18-6-2-1-3-7-18)29-26(33)28-22(17-10-12-19(13-11-17)25(32)30-34)15-14-20-16-27-23-9-5-4-8-21(20)23/h1-13,16,22,27,34H,14-15H2,(H,30,32)(H2,28,29,31,33). The molecule has 3 aromatic carbocycles. The minimum absolute atomic E-state index is 0.283. The number of aromatic nitrogens is 1. The topological polar surface area (TPSA) is 123 Å². The van der Waals surface area contributed by atoms with Crippen LogP contribution in [0.3, 0.4) is 0 Å². The van der Waals surface area contributed by atoms with Gasteiger partial charge in [-0.15, -0.1) is 0 Å². The number of hydrogen-bond acceptors (Lipinski definition) is 4. The molecule has 0 aliphatic rings. The van der Waals surface area contributed by atoms with Crippen molar-refractivity contribution in [3.05, 3.63) is 107 Å². The van der Waals surface area contributed by atoms with Gasteiger partial charge in [-0.3, -0.25) is 20.1 Å². The number of hydrogen-bond donors (Lipinski definition) is 5. The molecule has 0 saturated heterocycles. The van der Waals surface area contributed by atoms with E-state index in [2.05, 4.69) is 15.6 Å². The minimum Gasteiger partial charge on any atom is -0.361 e. The highest BCUT2D eigenvalue weighted by Gasteiger charge is 2.18. The van der Waals surface area contributed by atoms with Crippen molar-refractivity contribution < 1.29 is 19.6 Å². The van der Waals surface area contributed by atoms with Crippen molar-refractivity contribution in [1.82, 2.24) is 21.1 Å². The molecule has 4 rings (SSSR count). The zero-order chi connectivity index (χ0) is 23.9. The van der Waals surface area contributed by atoms with Gasteiger partial charge in [0.15, 0.2) is 0 Å². The van der Waals surface area contributed by atoms with Gasteiger partial charge in [0, 0.05) is 28.2 Å². The van der Waals surface area contributed by atoms with Crippen LogP contribution in [0.2, 0.25) is 0 Å². The number of urea groups is 1. The monoisotopic (exact) mass is 456 g/mol. The van der Waals surface area contributed by atoms with Gasteiger partial charge in [-0.2, -0.15) is 0 Å². The maximum atomic E-state index is 12.7. The number of aromatic amines is 1. The summed E-state index contributed by atoms with van der Waals surface area (Å²) >= 11 is 0. The van der Waals surface area contributed by atoms with Gasteiger partial charge in [0.25, 0.3) is 11.8 Å². The second kappa shape index (κ2) is 10.5. The number of amides is 4. The van der Waals surface area contributed by atoms with Gasteiger partial charge in [0.1, 0.15) is 0 Å². The van der Waals surface area contributed by atoms with Crippen molar-refractivity contribution in [2.24, 2.45) is 0 Å². The van der Waals surface area contributed by atoms with Crippen molar-refractivity contribution in [1.29, 1.82) is 0 Å². The minimum atomic E-state index is -0.624. The van der Waals surface area contributed by atoms with Gasteiger partial charge in [-0.05, 0) is 54.3 Å². The van der Waals surface area contributed by atoms with Crippen LogP contribution < -0.4 is 16.1 Å². The molecule has 1 heterocycles. The van der Waals surface area contributed by atoms with Crippen LogP contribution in [0.5, 0.6) is 0 Å². The zero-order valence-electron chi connectivity index (χ0n) is 18.2. The third-order valence-corrected chi connectivity index (χ3v) is 5.62. The van der Waals surface area contributed by atoms with Gasteiger partial charge < -0.3 is 10.3 Å². The Morgan fingerprint density at radius 1 is 0.824 bits per heavy atom. The summed E-state index contributed by atoms with van der Waals surface area (Å²) in [6.45, 7) is 0. The molecule has 0 radical (unpaired) electrons. The lowest BCUT2D eigenvalue weighted by Crippen LogP contribution is -2.41. The highest BCUT2D eigenvalue weighted by Crippen LogP contribution is 2.24. The molecule has 0 aliphatic heterocycles. The van der Waals surface area contributed by atoms with Gasteiger partial charge >= 0.3 is 6.03 Å². The van der Waals surface area contributed by atoms with Gasteiger partial charge in [-0.25, -0.2) is 10.3 Å². The average Bonchev–Trinajstić information content (AvgIpc) is 3.29. The molecular formula is C26H24N4O4. The SMILES string of the molecule is O=C(NC(=O)c1ccccc1)NC(CCc1c[nH]c2ccccc12)c1ccc(C(=O)NO)cc1. The number of para-hydroxylation sites is 1. The van der Waals surface area contributed by atoms with E-state index in [1.165, 1.54) is 0 Å². The molecule has 0 aliphatic carbocycles. The molecule has 0 fully saturated rings. The van der Waals surface area contributed by atoms with E-state index >= 15 is 0 Å². The van der Waals surface area contributed by atoms with E-state index in [-0.39, 0.29) is 5.56 Å². The maximum absolute atomic E-state index is 12.7. The summed E-state index contributed by atoms with van der Waals surface area (Å²) in [6.07, 6.45) is 3.18. The Kier molecular flexibility index (Phi) is 7.00. The first-order valence-corrected chi connectivity index (χ1v) is 10.8. The third kappa shape index (κ3) is 5.31. The molecular weight excluding hydrogens is 432 g/mol. The number of carbonyl (C=O) groups is 3. The maximum Gasteiger partial charge on any atom is 0.322 e. The summed E-state index contributed by atoms with van der Waals surface area (Å²) in [5.74, 6) is -1.12. The fraction of sp³-hybridized carbons (Fsp3) is 0.115. The van der Waals surface area contributed by atoms with Crippen LogP contribution in [0.25, 0.3) is 10.9 Å². The highest BCUT2D eigenvalue weighted by molar-refractivity contribution is 6.04. The molecule has 172 valence electrons. The van der Waals surface area contributed by atoms with Crippen molar-refractivity contribution in [3.8, 4) is 0 Å². The van der Waals surface area contributed by atoms with E-state index in [9.17, 15) is 14.4 Å². The summed E-state index contributed by atoms with van der Waals surface area (Å²) < 4.78 is 0. The second-order valence-corrected chi connectivity index (χ2v) is 7.81. The lowest BCUT2D eigenvalue weighted by atomic mass is 9.97. The van der Waals surface area contributed by atoms with E-state index in [1.54, 1.807) is 60.1 Å². The first-order chi connectivity index (χ1) is 16.5. The normalized spacial score (nSPS) is 11.6. The number of nitrogens with one attached hydrogen (secondary N) is 4. The molecule has 8 heteroatoms. The fourth-order valence-corrected chi connectivity index (χ4v) is 3.85. The third-order valence-electron chi connectivity index (χ3n) is 5.62. The lowest BCUT2D eigenvalue weighted by molar-refractivity contribution is 0.0706. The molecule has 4 amide bonds. The van der Waals surface area contributed by atoms with Crippen LogP contribution in [0.15, 0.2) is 85.1 Å². The Hall–Kier alpha value is -4.43. The Labute approximate surface area is 196 Å². The van der Waals surface area contributed by atoms with Crippen LogP contribution >= 0.6 is 0 Å². The quantitative estimate of drug-likeness (QED) is 0.212. The Bertz CT molecular complexity index is 1300. The van der Waals surface area contributed by atoms with Gasteiger partial charge in [0.05, 0.1) is 6.04 Å². The summed E-state index contributed by atoms with van der Waals surface area (Å²) in [5, 5.41) is 15.2. The largest absolute Gasteiger partial charge is 0.361 e. The van der Waals surface area contributed by atoms with E-state index in [1.807, 2.05) is 30.5 Å². The van der Waals surface area contributed by atoms with E-state index in [0.29, 0.717) is 18.4 Å². The van der Waals surface area contributed by atoms with Gasteiger partial charge in [-0.1, -0.05) is 48.5 Å². The molecule has 1 aromatic heterocycles. The Balaban J connectivity index is 1.51. The molecule has 1 unspecified atom stereocenters. The molecule has 5 N–H and O–H groups in total. The Morgan fingerprint density at radius 2 is 1.50 bits per heavy atom. The smallest absolute Gasteiger partial charge is 0.322 e. The van der Waals surface area contributed by atoms with Crippen LogP contribution in [0.4, 0.5) is 4.79 Å².